The van der Waals surface area contributed by atoms with Gasteiger partial charge < -0.3 is 8.98 Å². The molecule has 0 atom stereocenters. The second kappa shape index (κ2) is 13.5. The van der Waals surface area contributed by atoms with Crippen molar-refractivity contribution in [3.63, 3.8) is 0 Å². The molecular formula is C56H33N5O. The van der Waals surface area contributed by atoms with E-state index in [1.807, 2.05) is 36.4 Å². The van der Waals surface area contributed by atoms with E-state index in [4.69, 9.17) is 24.4 Å². The Morgan fingerprint density at radius 1 is 0.355 bits per heavy atom. The van der Waals surface area contributed by atoms with Crippen LogP contribution >= 0.6 is 0 Å². The van der Waals surface area contributed by atoms with Gasteiger partial charge in [-0.15, -0.1) is 0 Å². The number of aromatic nitrogens is 5. The monoisotopic (exact) mass is 791 g/mol. The lowest BCUT2D eigenvalue weighted by Crippen LogP contribution is -2.01. The van der Waals surface area contributed by atoms with Gasteiger partial charge in [0.15, 0.2) is 23.1 Å². The Morgan fingerprint density at radius 2 is 0.984 bits per heavy atom. The van der Waals surface area contributed by atoms with Crippen molar-refractivity contribution in [2.45, 2.75) is 0 Å². The molecule has 0 unspecified atom stereocenters. The molecule has 0 saturated heterocycles. The molecule has 10 aromatic carbocycles. The highest BCUT2D eigenvalue weighted by Gasteiger charge is 2.20. The molecule has 0 radical (unpaired) electrons. The van der Waals surface area contributed by atoms with Crippen LogP contribution in [0.2, 0.25) is 0 Å². The van der Waals surface area contributed by atoms with E-state index in [2.05, 4.69) is 168 Å². The van der Waals surface area contributed by atoms with Crippen LogP contribution in [0.25, 0.3) is 127 Å². The van der Waals surface area contributed by atoms with Crippen molar-refractivity contribution >= 4 is 76.0 Å². The van der Waals surface area contributed by atoms with Crippen LogP contribution in [0.15, 0.2) is 205 Å². The van der Waals surface area contributed by atoms with Gasteiger partial charge in [-0.25, -0.2) is 19.9 Å². The molecule has 0 aliphatic carbocycles. The first-order chi connectivity index (χ1) is 30.7. The van der Waals surface area contributed by atoms with Crippen LogP contribution in [-0.4, -0.2) is 24.5 Å². The molecule has 13 rings (SSSR count). The van der Waals surface area contributed by atoms with E-state index in [0.29, 0.717) is 23.4 Å². The highest BCUT2D eigenvalue weighted by atomic mass is 16.3. The zero-order valence-corrected chi connectivity index (χ0v) is 33.2. The zero-order valence-electron chi connectivity index (χ0n) is 33.2. The molecule has 0 spiro atoms. The SMILES string of the molecule is c1ccc(-c2nc3ccc4ccc5ccc6c(-c7nc(-c8ccc9ccccc9c8)nc(-c8ccc9c(c8)c8ccccc8n9-c8ccccc8)n7)cccc6c5c4c3o2)cc1. The third-order valence-electron chi connectivity index (χ3n) is 12.2. The number of hydrogen-bond donors (Lipinski definition) is 0. The molecule has 0 amide bonds. The van der Waals surface area contributed by atoms with Gasteiger partial charge in [0, 0.05) is 49.5 Å². The van der Waals surface area contributed by atoms with Crippen LogP contribution in [0.4, 0.5) is 0 Å². The molecule has 0 saturated carbocycles. The van der Waals surface area contributed by atoms with Crippen molar-refractivity contribution in [3.05, 3.63) is 200 Å². The van der Waals surface area contributed by atoms with E-state index in [9.17, 15) is 0 Å². The third kappa shape index (κ3) is 5.37. The predicted octanol–water partition coefficient (Wildman–Crippen LogP) is 14.4. The van der Waals surface area contributed by atoms with Gasteiger partial charge in [-0.3, -0.25) is 0 Å². The molecule has 288 valence electrons. The van der Waals surface area contributed by atoms with E-state index in [-0.39, 0.29) is 0 Å². The van der Waals surface area contributed by atoms with Crippen LogP contribution in [-0.2, 0) is 0 Å². The predicted molar refractivity (Wildman–Crippen MR) is 254 cm³/mol. The Labute approximate surface area is 355 Å². The Morgan fingerprint density at radius 3 is 1.84 bits per heavy atom. The van der Waals surface area contributed by atoms with Gasteiger partial charge in [0.1, 0.15) is 5.52 Å². The number of para-hydroxylation sites is 2. The van der Waals surface area contributed by atoms with Gasteiger partial charge in [0.25, 0.3) is 0 Å². The van der Waals surface area contributed by atoms with Crippen molar-refractivity contribution < 1.29 is 4.42 Å². The summed E-state index contributed by atoms with van der Waals surface area (Å²) in [4.78, 5) is 20.8. The average molecular weight is 792 g/mol. The van der Waals surface area contributed by atoms with Crippen LogP contribution in [0, 0.1) is 0 Å². The number of benzene rings is 10. The first-order valence-corrected chi connectivity index (χ1v) is 20.8. The third-order valence-corrected chi connectivity index (χ3v) is 12.2. The fourth-order valence-corrected chi connectivity index (χ4v) is 9.33. The summed E-state index contributed by atoms with van der Waals surface area (Å²) in [5.74, 6) is 2.43. The summed E-state index contributed by atoms with van der Waals surface area (Å²) in [7, 11) is 0. The van der Waals surface area contributed by atoms with Gasteiger partial charge in [-0.05, 0) is 93.0 Å². The van der Waals surface area contributed by atoms with E-state index in [0.717, 1.165) is 98.6 Å². The topological polar surface area (TPSA) is 69.6 Å². The normalized spacial score (nSPS) is 11.9. The second-order valence-corrected chi connectivity index (χ2v) is 15.8. The standard InChI is InChI=1S/C56H33N5O/c1-3-13-37(14-4-1)56-57-47-30-27-36-24-23-35-26-29-42-44(50(35)51(36)52(47)62-56)19-11-20-45(42)55-59-53(39-25-22-34-12-7-8-15-38(34)32-39)58-54(60-55)40-28-31-49-46(33-40)43-18-9-10-21-48(43)61(49)41-16-5-2-6-17-41/h1-33H. The summed E-state index contributed by atoms with van der Waals surface area (Å²) in [5, 5.41) is 11.1. The number of hydrogen-bond acceptors (Lipinski definition) is 5. The summed E-state index contributed by atoms with van der Waals surface area (Å²) in [5.41, 5.74) is 8.68. The van der Waals surface area contributed by atoms with Gasteiger partial charge in [-0.2, -0.15) is 0 Å². The number of oxazole rings is 1. The highest BCUT2D eigenvalue weighted by molar-refractivity contribution is 6.27. The highest BCUT2D eigenvalue weighted by Crippen LogP contribution is 2.41. The lowest BCUT2D eigenvalue weighted by molar-refractivity contribution is 0.623. The van der Waals surface area contributed by atoms with Crippen molar-refractivity contribution in [2.24, 2.45) is 0 Å². The van der Waals surface area contributed by atoms with Crippen molar-refractivity contribution in [1.29, 1.82) is 0 Å². The number of rotatable bonds is 5. The molecular weight excluding hydrogens is 759 g/mol. The van der Waals surface area contributed by atoms with Gasteiger partial charge in [0.2, 0.25) is 5.89 Å². The Kier molecular flexibility index (Phi) is 7.50. The van der Waals surface area contributed by atoms with Crippen LogP contribution in [0.1, 0.15) is 0 Å². The molecule has 0 aliphatic heterocycles. The maximum absolute atomic E-state index is 6.64. The largest absolute Gasteiger partial charge is 0.435 e. The molecule has 13 aromatic rings. The summed E-state index contributed by atoms with van der Waals surface area (Å²) in [6.07, 6.45) is 0. The Bertz CT molecular complexity index is 3930. The van der Waals surface area contributed by atoms with Crippen LogP contribution < -0.4 is 0 Å². The van der Waals surface area contributed by atoms with Gasteiger partial charge in [0.05, 0.1) is 11.0 Å². The first kappa shape index (κ1) is 34.4. The molecule has 3 aromatic heterocycles. The summed E-state index contributed by atoms with van der Waals surface area (Å²) in [6, 6.07) is 69.9. The average Bonchev–Trinajstić information content (AvgIpc) is 3.93. The van der Waals surface area contributed by atoms with Crippen molar-refractivity contribution in [2.75, 3.05) is 0 Å². The minimum absolute atomic E-state index is 0.603. The van der Waals surface area contributed by atoms with E-state index >= 15 is 0 Å². The molecule has 0 fully saturated rings. The van der Waals surface area contributed by atoms with E-state index < -0.39 is 0 Å². The van der Waals surface area contributed by atoms with Crippen LogP contribution in [0.5, 0.6) is 0 Å². The second-order valence-electron chi connectivity index (χ2n) is 15.8. The van der Waals surface area contributed by atoms with E-state index in [1.165, 1.54) is 5.39 Å². The molecule has 6 heteroatoms. The lowest BCUT2D eigenvalue weighted by Gasteiger charge is -2.13. The van der Waals surface area contributed by atoms with E-state index in [1.54, 1.807) is 0 Å². The minimum atomic E-state index is 0.603. The first-order valence-electron chi connectivity index (χ1n) is 20.8. The summed E-state index contributed by atoms with van der Waals surface area (Å²) >= 11 is 0. The molecule has 6 nitrogen and oxygen atoms in total. The maximum atomic E-state index is 6.64. The van der Waals surface area contributed by atoms with Gasteiger partial charge in [-0.1, -0.05) is 140 Å². The molecule has 3 heterocycles. The Balaban J connectivity index is 1.05. The molecule has 62 heavy (non-hydrogen) atoms. The van der Waals surface area contributed by atoms with Crippen molar-refractivity contribution in [3.8, 4) is 51.3 Å². The Hall–Kier alpha value is -8.48. The minimum Gasteiger partial charge on any atom is -0.435 e. The van der Waals surface area contributed by atoms with Gasteiger partial charge >= 0.3 is 0 Å². The fraction of sp³-hybridized carbons (Fsp3) is 0. The maximum Gasteiger partial charge on any atom is 0.227 e. The zero-order chi connectivity index (χ0) is 40.7. The summed E-state index contributed by atoms with van der Waals surface area (Å²) < 4.78 is 8.96. The summed E-state index contributed by atoms with van der Waals surface area (Å²) in [6.45, 7) is 0. The lowest BCUT2D eigenvalue weighted by atomic mass is 9.93. The quantitative estimate of drug-likeness (QED) is 0.162. The molecule has 0 aliphatic rings. The molecule has 0 bridgehead atoms. The van der Waals surface area contributed by atoms with Crippen LogP contribution in [0.3, 0.4) is 0 Å². The smallest absolute Gasteiger partial charge is 0.227 e. The molecule has 0 N–H and O–H groups in total. The van der Waals surface area contributed by atoms with Crippen molar-refractivity contribution in [1.82, 2.24) is 24.5 Å². The number of fused-ring (bicyclic) bond motifs is 11. The fourth-order valence-electron chi connectivity index (χ4n) is 9.33. The number of nitrogens with zero attached hydrogens (tertiary/aromatic N) is 5.